The molecule has 18 heavy (non-hydrogen) atoms. The van der Waals surface area contributed by atoms with Crippen molar-refractivity contribution in [2.24, 2.45) is 0 Å². The smallest absolute Gasteiger partial charge is 0.252 e. The number of halogens is 1. The van der Waals surface area contributed by atoms with E-state index in [1.54, 1.807) is 12.1 Å². The van der Waals surface area contributed by atoms with E-state index in [-0.39, 0.29) is 5.91 Å². The summed E-state index contributed by atoms with van der Waals surface area (Å²) in [5, 5.41) is 14.2. The van der Waals surface area contributed by atoms with Crippen molar-refractivity contribution in [2.75, 3.05) is 0 Å². The molecule has 2 rings (SSSR count). The fourth-order valence-corrected chi connectivity index (χ4v) is 1.71. The third kappa shape index (κ3) is 3.21. The molecule has 2 aromatic rings. The first-order chi connectivity index (χ1) is 8.65. The lowest BCUT2D eigenvalue weighted by Gasteiger charge is -2.05. The zero-order valence-electron chi connectivity index (χ0n) is 9.47. The number of hydrogen-bond donors (Lipinski definition) is 1. The third-order valence-electron chi connectivity index (χ3n) is 2.41. The van der Waals surface area contributed by atoms with Crippen LogP contribution in [0.1, 0.15) is 15.9 Å². The molecule has 0 atom stereocenters. The molecule has 0 bridgehead atoms. The Labute approximate surface area is 109 Å². The molecule has 0 fully saturated rings. The molecule has 1 N–H and O–H groups in total. The zero-order valence-corrected chi connectivity index (χ0v) is 10.2. The molecule has 0 saturated heterocycles. The number of nitrogens with one attached hydrogen (secondary N) is 1. The van der Waals surface area contributed by atoms with E-state index in [9.17, 15) is 10.0 Å². The molecule has 5 heteroatoms. The molecule has 0 spiro atoms. The average molecular weight is 263 g/mol. The first-order valence-corrected chi connectivity index (χ1v) is 5.74. The number of hydrogen-bond acceptors (Lipinski definition) is 2. The predicted octanol–water partition coefficient (Wildman–Crippen LogP) is 1.90. The standard InChI is InChI=1S/C13H11ClN2O2/c14-12-3-1-2-10(8-12)9-15-13(17)11-4-6-16(18)7-5-11/h1-8H,9H2,(H,15,17). The van der Waals surface area contributed by atoms with Gasteiger partial charge in [0.05, 0.1) is 5.56 Å². The molecular formula is C13H11ClN2O2. The minimum Gasteiger partial charge on any atom is -0.619 e. The second-order valence-corrected chi connectivity index (χ2v) is 4.20. The van der Waals surface area contributed by atoms with Gasteiger partial charge in [0.25, 0.3) is 5.91 Å². The molecule has 0 aliphatic carbocycles. The highest BCUT2D eigenvalue weighted by Crippen LogP contribution is 2.10. The first kappa shape index (κ1) is 12.4. The number of rotatable bonds is 3. The van der Waals surface area contributed by atoms with Crippen LogP contribution in [0.25, 0.3) is 0 Å². The Morgan fingerprint density at radius 3 is 2.67 bits per heavy atom. The number of pyridine rings is 1. The first-order valence-electron chi connectivity index (χ1n) is 5.36. The summed E-state index contributed by atoms with van der Waals surface area (Å²) >= 11 is 5.84. The number of amides is 1. The Balaban J connectivity index is 1.98. The van der Waals surface area contributed by atoms with E-state index in [2.05, 4.69) is 5.32 Å². The summed E-state index contributed by atoms with van der Waals surface area (Å²) < 4.78 is 0.633. The largest absolute Gasteiger partial charge is 0.619 e. The Kier molecular flexibility index (Phi) is 3.79. The van der Waals surface area contributed by atoms with E-state index in [1.165, 1.54) is 24.5 Å². The van der Waals surface area contributed by atoms with Crippen molar-refractivity contribution in [3.05, 3.63) is 70.1 Å². The molecule has 4 nitrogen and oxygen atoms in total. The second-order valence-electron chi connectivity index (χ2n) is 3.76. The fourth-order valence-electron chi connectivity index (χ4n) is 1.50. The predicted molar refractivity (Wildman–Crippen MR) is 68.0 cm³/mol. The Hall–Kier alpha value is -2.07. The van der Waals surface area contributed by atoms with Gasteiger partial charge in [-0.05, 0) is 17.7 Å². The summed E-state index contributed by atoms with van der Waals surface area (Å²) in [6.07, 6.45) is 2.57. The van der Waals surface area contributed by atoms with E-state index in [1.807, 2.05) is 12.1 Å². The van der Waals surface area contributed by atoms with Crippen LogP contribution in [0.5, 0.6) is 0 Å². The second kappa shape index (κ2) is 5.51. The zero-order chi connectivity index (χ0) is 13.0. The summed E-state index contributed by atoms with van der Waals surface area (Å²) in [4.78, 5) is 11.8. The van der Waals surface area contributed by atoms with Gasteiger partial charge in [-0.2, -0.15) is 4.73 Å². The molecule has 1 amide bonds. The summed E-state index contributed by atoms with van der Waals surface area (Å²) in [5.74, 6) is -0.226. The number of nitrogens with zero attached hydrogens (tertiary/aromatic N) is 1. The van der Waals surface area contributed by atoms with Gasteiger partial charge in [-0.3, -0.25) is 4.79 Å². The molecular weight excluding hydrogens is 252 g/mol. The highest BCUT2D eigenvalue weighted by Gasteiger charge is 2.06. The Morgan fingerprint density at radius 1 is 1.28 bits per heavy atom. The van der Waals surface area contributed by atoms with Crippen molar-refractivity contribution in [1.82, 2.24) is 5.32 Å². The SMILES string of the molecule is O=C(NCc1cccc(Cl)c1)c1cc[n+]([O-])cc1. The summed E-state index contributed by atoms with van der Waals surface area (Å²) in [6.45, 7) is 0.395. The lowest BCUT2D eigenvalue weighted by Crippen LogP contribution is -2.27. The highest BCUT2D eigenvalue weighted by molar-refractivity contribution is 6.30. The summed E-state index contributed by atoms with van der Waals surface area (Å²) in [7, 11) is 0. The lowest BCUT2D eigenvalue weighted by molar-refractivity contribution is -0.605. The molecule has 0 radical (unpaired) electrons. The van der Waals surface area contributed by atoms with Crippen LogP contribution in [-0.2, 0) is 6.54 Å². The van der Waals surface area contributed by atoms with Crippen LogP contribution in [-0.4, -0.2) is 5.91 Å². The van der Waals surface area contributed by atoms with Crippen molar-refractivity contribution >= 4 is 17.5 Å². The average Bonchev–Trinajstić information content (AvgIpc) is 2.37. The highest BCUT2D eigenvalue weighted by atomic mass is 35.5. The van der Waals surface area contributed by atoms with Crippen molar-refractivity contribution in [3.8, 4) is 0 Å². The van der Waals surface area contributed by atoms with Gasteiger partial charge < -0.3 is 10.5 Å². The molecule has 0 aliphatic heterocycles. The van der Waals surface area contributed by atoms with Crippen LogP contribution in [0.4, 0.5) is 0 Å². The minimum absolute atomic E-state index is 0.226. The van der Waals surface area contributed by atoms with Crippen molar-refractivity contribution in [1.29, 1.82) is 0 Å². The van der Waals surface area contributed by atoms with E-state index < -0.39 is 0 Å². The van der Waals surface area contributed by atoms with Crippen molar-refractivity contribution in [3.63, 3.8) is 0 Å². The van der Waals surface area contributed by atoms with Crippen LogP contribution in [0, 0.1) is 5.21 Å². The van der Waals surface area contributed by atoms with Crippen LogP contribution in [0.3, 0.4) is 0 Å². The normalized spacial score (nSPS) is 10.1. The van der Waals surface area contributed by atoms with Gasteiger partial charge in [-0.1, -0.05) is 23.7 Å². The van der Waals surface area contributed by atoms with Gasteiger partial charge in [0, 0.05) is 23.7 Å². The maximum absolute atomic E-state index is 11.8. The Bertz CT molecular complexity index is 555. The van der Waals surface area contributed by atoms with Gasteiger partial charge in [-0.15, -0.1) is 0 Å². The van der Waals surface area contributed by atoms with E-state index in [0.29, 0.717) is 21.9 Å². The van der Waals surface area contributed by atoms with Crippen LogP contribution in [0.2, 0.25) is 5.02 Å². The molecule has 0 unspecified atom stereocenters. The summed E-state index contributed by atoms with van der Waals surface area (Å²) in [6, 6.07) is 10.2. The minimum atomic E-state index is -0.226. The molecule has 92 valence electrons. The molecule has 0 saturated carbocycles. The monoisotopic (exact) mass is 262 g/mol. The maximum Gasteiger partial charge on any atom is 0.252 e. The number of carbonyl (C=O) groups excluding carboxylic acids is 1. The van der Waals surface area contributed by atoms with Crippen LogP contribution < -0.4 is 10.0 Å². The lowest BCUT2D eigenvalue weighted by atomic mass is 10.2. The molecule has 0 aliphatic rings. The van der Waals surface area contributed by atoms with Gasteiger partial charge >= 0.3 is 0 Å². The quantitative estimate of drug-likeness (QED) is 0.679. The number of benzene rings is 1. The molecule has 1 heterocycles. The Morgan fingerprint density at radius 2 is 2.00 bits per heavy atom. The molecule has 1 aromatic heterocycles. The van der Waals surface area contributed by atoms with Crippen LogP contribution in [0.15, 0.2) is 48.8 Å². The summed E-state index contributed by atoms with van der Waals surface area (Å²) in [5.41, 5.74) is 1.37. The number of aromatic nitrogens is 1. The van der Waals surface area contributed by atoms with E-state index >= 15 is 0 Å². The fraction of sp³-hybridized carbons (Fsp3) is 0.0769. The van der Waals surface area contributed by atoms with Crippen molar-refractivity contribution < 1.29 is 9.52 Å². The van der Waals surface area contributed by atoms with Gasteiger partial charge in [0.1, 0.15) is 0 Å². The van der Waals surface area contributed by atoms with Crippen molar-refractivity contribution in [2.45, 2.75) is 6.54 Å². The van der Waals surface area contributed by atoms with E-state index in [0.717, 1.165) is 5.56 Å². The van der Waals surface area contributed by atoms with E-state index in [4.69, 9.17) is 11.6 Å². The third-order valence-corrected chi connectivity index (χ3v) is 2.64. The van der Waals surface area contributed by atoms with Gasteiger partial charge in [0.15, 0.2) is 12.4 Å². The van der Waals surface area contributed by atoms with Crippen LogP contribution >= 0.6 is 11.6 Å². The van der Waals surface area contributed by atoms with Gasteiger partial charge in [-0.25, -0.2) is 0 Å². The maximum atomic E-state index is 11.8. The number of carbonyl (C=O) groups is 1. The van der Waals surface area contributed by atoms with Gasteiger partial charge in [0.2, 0.25) is 0 Å². The topological polar surface area (TPSA) is 56.0 Å². The molecule has 1 aromatic carbocycles.